The van der Waals surface area contributed by atoms with Crippen molar-refractivity contribution in [1.82, 2.24) is 4.98 Å². The van der Waals surface area contributed by atoms with E-state index in [1.54, 1.807) is 6.07 Å². The molecule has 0 aliphatic carbocycles. The van der Waals surface area contributed by atoms with Gasteiger partial charge in [0.25, 0.3) is 0 Å². The Bertz CT molecular complexity index is 1050. The first-order chi connectivity index (χ1) is 14.6. The van der Waals surface area contributed by atoms with Gasteiger partial charge in [0.1, 0.15) is 5.82 Å². The minimum atomic E-state index is -4.36. The Morgan fingerprint density at radius 3 is 2.35 bits per heavy atom. The normalized spacial score (nSPS) is 12.7. The Morgan fingerprint density at radius 1 is 1.00 bits per heavy atom. The smallest absolute Gasteiger partial charge is 0.367 e. The fraction of sp³-hybridized carbons (Fsp3) is 0.333. The van der Waals surface area contributed by atoms with Crippen LogP contribution >= 0.6 is 0 Å². The number of rotatable bonds is 7. The molecule has 3 rings (SSSR count). The van der Waals surface area contributed by atoms with Crippen LogP contribution in [0.3, 0.4) is 0 Å². The van der Waals surface area contributed by atoms with E-state index in [0.717, 1.165) is 28.9 Å². The third-order valence-electron chi connectivity index (χ3n) is 5.27. The fourth-order valence-electron chi connectivity index (χ4n) is 3.03. The molecule has 0 saturated carbocycles. The Morgan fingerprint density at radius 2 is 1.71 bits per heavy atom. The Labute approximate surface area is 179 Å². The number of nitrogens with zero attached hydrogens (tertiary/aromatic N) is 1. The molecule has 0 saturated heterocycles. The second-order valence-electron chi connectivity index (χ2n) is 8.02. The molecule has 0 radical (unpaired) electrons. The van der Waals surface area contributed by atoms with Crippen molar-refractivity contribution in [2.24, 2.45) is 5.92 Å². The van der Waals surface area contributed by atoms with Gasteiger partial charge in [-0.1, -0.05) is 26.0 Å². The number of carbonyl (C=O) groups excluding carboxylic acids is 1. The number of benzene rings is 2. The molecule has 0 unspecified atom stereocenters. The van der Waals surface area contributed by atoms with E-state index in [2.05, 4.69) is 36.4 Å². The maximum Gasteiger partial charge on any atom is 0.416 e. The van der Waals surface area contributed by atoms with Crippen molar-refractivity contribution in [1.29, 1.82) is 0 Å². The van der Waals surface area contributed by atoms with Gasteiger partial charge in [0, 0.05) is 23.5 Å². The van der Waals surface area contributed by atoms with Crippen molar-refractivity contribution >= 4 is 28.3 Å². The van der Waals surface area contributed by atoms with E-state index in [1.807, 2.05) is 24.3 Å². The van der Waals surface area contributed by atoms with Crippen LogP contribution in [0.25, 0.3) is 10.9 Å². The summed E-state index contributed by atoms with van der Waals surface area (Å²) in [4.78, 5) is 16.9. The molecular formula is C24H26F3N3O. The molecule has 1 atom stereocenters. The summed E-state index contributed by atoms with van der Waals surface area (Å²) in [5.41, 5.74) is 1.47. The lowest BCUT2D eigenvalue weighted by molar-refractivity contribution is -0.137. The van der Waals surface area contributed by atoms with Crippen LogP contribution in [0.15, 0.2) is 54.6 Å². The molecule has 1 amide bonds. The van der Waals surface area contributed by atoms with E-state index >= 15 is 0 Å². The van der Waals surface area contributed by atoms with Gasteiger partial charge in [-0.05, 0) is 67.3 Å². The summed E-state index contributed by atoms with van der Waals surface area (Å²) >= 11 is 0. The summed E-state index contributed by atoms with van der Waals surface area (Å²) < 4.78 is 37.9. The van der Waals surface area contributed by atoms with Crippen LogP contribution in [0.1, 0.15) is 38.3 Å². The number of aromatic nitrogens is 1. The van der Waals surface area contributed by atoms with Crippen LogP contribution < -0.4 is 10.6 Å². The maximum absolute atomic E-state index is 12.6. The van der Waals surface area contributed by atoms with Gasteiger partial charge in [0.05, 0.1) is 11.1 Å². The topological polar surface area (TPSA) is 54.0 Å². The standard InChI is InChI=1S/C24H26F3N3O/c1-15(2)16(3)28-22-12-7-18-14-20(10-11-21(18)30-22)29-23(31)13-6-17-4-8-19(9-5-17)24(25,26)27/h4-5,7-12,14-16H,6,13H2,1-3H3,(H,28,30)(H,29,31)/t16-/m1/s1. The van der Waals surface area contributed by atoms with Gasteiger partial charge >= 0.3 is 6.18 Å². The first-order valence-corrected chi connectivity index (χ1v) is 10.2. The van der Waals surface area contributed by atoms with E-state index < -0.39 is 11.7 Å². The number of pyridine rings is 1. The van der Waals surface area contributed by atoms with E-state index in [9.17, 15) is 18.0 Å². The zero-order chi connectivity index (χ0) is 22.6. The SMILES string of the molecule is CC(C)[C@@H](C)Nc1ccc2cc(NC(=O)CCc3ccc(C(F)(F)F)cc3)ccc2n1. The minimum absolute atomic E-state index is 0.178. The largest absolute Gasteiger partial charge is 0.416 e. The highest BCUT2D eigenvalue weighted by Gasteiger charge is 2.29. The van der Waals surface area contributed by atoms with Gasteiger partial charge in [0.2, 0.25) is 5.91 Å². The molecule has 164 valence electrons. The predicted octanol–water partition coefficient (Wildman–Crippen LogP) is 6.28. The van der Waals surface area contributed by atoms with Crippen molar-refractivity contribution < 1.29 is 18.0 Å². The second-order valence-corrected chi connectivity index (χ2v) is 8.02. The first-order valence-electron chi connectivity index (χ1n) is 10.2. The van der Waals surface area contributed by atoms with Gasteiger partial charge in [-0.3, -0.25) is 4.79 Å². The fourth-order valence-corrected chi connectivity index (χ4v) is 3.03. The Hall–Kier alpha value is -3.09. The highest BCUT2D eigenvalue weighted by Crippen LogP contribution is 2.29. The molecule has 1 heterocycles. The number of hydrogen-bond donors (Lipinski definition) is 2. The van der Waals surface area contributed by atoms with Crippen molar-refractivity contribution in [3.63, 3.8) is 0 Å². The van der Waals surface area contributed by atoms with Crippen LogP contribution in [-0.2, 0) is 17.4 Å². The van der Waals surface area contributed by atoms with Crippen LogP contribution in [0.4, 0.5) is 24.7 Å². The van der Waals surface area contributed by atoms with Crippen molar-refractivity contribution in [3.05, 3.63) is 65.7 Å². The summed E-state index contributed by atoms with van der Waals surface area (Å²) in [6.07, 6.45) is -3.82. The average molecular weight is 429 g/mol. The van der Waals surface area contributed by atoms with E-state index in [0.29, 0.717) is 29.6 Å². The zero-order valence-corrected chi connectivity index (χ0v) is 17.8. The van der Waals surface area contributed by atoms with Crippen LogP contribution in [0.2, 0.25) is 0 Å². The number of alkyl halides is 3. The molecule has 4 nitrogen and oxygen atoms in total. The summed E-state index contributed by atoms with van der Waals surface area (Å²) in [6.45, 7) is 6.40. The summed E-state index contributed by atoms with van der Waals surface area (Å²) in [5.74, 6) is 1.09. The molecule has 31 heavy (non-hydrogen) atoms. The number of fused-ring (bicyclic) bond motifs is 1. The van der Waals surface area contributed by atoms with Gasteiger partial charge in [-0.2, -0.15) is 13.2 Å². The molecule has 0 fully saturated rings. The number of carbonyl (C=O) groups is 1. The van der Waals surface area contributed by atoms with Crippen molar-refractivity contribution in [2.75, 3.05) is 10.6 Å². The van der Waals surface area contributed by atoms with Gasteiger partial charge < -0.3 is 10.6 Å². The minimum Gasteiger partial charge on any atom is -0.367 e. The Kier molecular flexibility index (Phi) is 6.83. The van der Waals surface area contributed by atoms with Crippen LogP contribution in [0.5, 0.6) is 0 Å². The van der Waals surface area contributed by atoms with Gasteiger partial charge in [-0.15, -0.1) is 0 Å². The summed E-state index contributed by atoms with van der Waals surface area (Å²) in [7, 11) is 0. The third-order valence-corrected chi connectivity index (χ3v) is 5.27. The van der Waals surface area contributed by atoms with Crippen LogP contribution in [0, 0.1) is 5.92 Å². The molecule has 7 heteroatoms. The maximum atomic E-state index is 12.6. The summed E-state index contributed by atoms with van der Waals surface area (Å²) in [6, 6.07) is 14.6. The first kappa shape index (κ1) is 22.6. The lowest BCUT2D eigenvalue weighted by atomic mass is 10.1. The van der Waals surface area contributed by atoms with Gasteiger partial charge in [-0.25, -0.2) is 4.98 Å². The zero-order valence-electron chi connectivity index (χ0n) is 17.8. The van der Waals surface area contributed by atoms with Gasteiger partial charge in [0.15, 0.2) is 0 Å². The monoisotopic (exact) mass is 429 g/mol. The Balaban J connectivity index is 1.59. The van der Waals surface area contributed by atoms with Crippen molar-refractivity contribution in [2.45, 2.75) is 45.8 Å². The lowest BCUT2D eigenvalue weighted by Gasteiger charge is -2.18. The number of nitrogens with one attached hydrogen (secondary N) is 2. The van der Waals surface area contributed by atoms with E-state index in [4.69, 9.17) is 0 Å². The molecule has 1 aromatic heterocycles. The molecule has 0 spiro atoms. The quantitative estimate of drug-likeness (QED) is 0.465. The molecule has 2 N–H and O–H groups in total. The lowest BCUT2D eigenvalue weighted by Crippen LogP contribution is -2.22. The van der Waals surface area contributed by atoms with E-state index in [1.165, 1.54) is 12.1 Å². The number of anilines is 2. The molecule has 3 aromatic rings. The molecule has 0 aliphatic heterocycles. The van der Waals surface area contributed by atoms with E-state index in [-0.39, 0.29) is 12.3 Å². The molecule has 0 aliphatic rings. The highest BCUT2D eigenvalue weighted by atomic mass is 19.4. The molecular weight excluding hydrogens is 403 g/mol. The highest BCUT2D eigenvalue weighted by molar-refractivity contribution is 5.94. The number of aryl methyl sites for hydroxylation is 1. The third kappa shape index (κ3) is 6.20. The second kappa shape index (κ2) is 9.37. The van der Waals surface area contributed by atoms with Crippen LogP contribution in [-0.4, -0.2) is 16.9 Å². The predicted molar refractivity (Wildman–Crippen MR) is 118 cm³/mol. The molecule has 0 bridgehead atoms. The molecule has 2 aromatic carbocycles. The number of amides is 1. The average Bonchev–Trinajstić information content (AvgIpc) is 2.72. The number of hydrogen-bond acceptors (Lipinski definition) is 3. The summed E-state index contributed by atoms with van der Waals surface area (Å²) in [5, 5.41) is 7.13. The number of halogens is 3. The van der Waals surface area contributed by atoms with Crippen molar-refractivity contribution in [3.8, 4) is 0 Å².